The van der Waals surface area contributed by atoms with E-state index in [-0.39, 0.29) is 66.4 Å². The van der Waals surface area contributed by atoms with Crippen LogP contribution in [0.25, 0.3) is 82.8 Å². The number of rotatable bonds is 5. The molecule has 9 rings (SSSR count). The minimum Gasteiger partial charge on any atom is -0.297 e. The molecule has 0 atom stereocenters. The number of nitrogens with zero attached hydrogens (tertiary/aromatic N) is 2. The van der Waals surface area contributed by atoms with Crippen molar-refractivity contribution in [2.24, 2.45) is 0 Å². The third-order valence-corrected chi connectivity index (χ3v) is 8.13. The van der Waals surface area contributed by atoms with E-state index in [1.165, 1.54) is 34.9 Å². The van der Waals surface area contributed by atoms with E-state index in [4.69, 9.17) is 23.3 Å². The molecule has 0 fully saturated rings. The van der Waals surface area contributed by atoms with Gasteiger partial charge in [-0.1, -0.05) is 133 Å². The van der Waals surface area contributed by atoms with Gasteiger partial charge < -0.3 is 0 Å². The average Bonchev–Trinajstić information content (AvgIpc) is 3.74. The van der Waals surface area contributed by atoms with Gasteiger partial charge in [0.25, 0.3) is 0 Å². The topological polar surface area (TPSA) is 17.8 Å². The van der Waals surface area contributed by atoms with Crippen LogP contribution in [-0.4, -0.2) is 9.55 Å². The molecule has 0 saturated carbocycles. The molecule has 0 bridgehead atoms. The van der Waals surface area contributed by atoms with Gasteiger partial charge in [-0.2, -0.15) is 0 Å². The predicted molar refractivity (Wildman–Crippen MR) is 203 cm³/mol. The largest absolute Gasteiger partial charge is 0.297 e. The highest BCUT2D eigenvalue weighted by molar-refractivity contribution is 6.21. The molecule has 8 aromatic carbocycles. The van der Waals surface area contributed by atoms with Gasteiger partial charge in [0.15, 0.2) is 0 Å². The maximum Gasteiger partial charge on any atom is 0.111 e. The van der Waals surface area contributed by atoms with Crippen molar-refractivity contribution in [2.45, 2.75) is 6.85 Å². The Hall–Kier alpha value is -6.25. The third kappa shape index (κ3) is 4.70. The van der Waals surface area contributed by atoms with Gasteiger partial charge in [-0.15, -0.1) is 0 Å². The molecular formula is C46H32N2. The number of para-hydroxylation sites is 2. The van der Waals surface area contributed by atoms with Crippen molar-refractivity contribution in [3.05, 3.63) is 181 Å². The van der Waals surface area contributed by atoms with Crippen molar-refractivity contribution >= 4 is 32.6 Å². The molecule has 1 heterocycles. The minimum absolute atomic E-state index is 0.0999. The summed E-state index contributed by atoms with van der Waals surface area (Å²) in [5.74, 6) is -0.302. The van der Waals surface area contributed by atoms with Crippen LogP contribution < -0.4 is 0 Å². The van der Waals surface area contributed by atoms with Crippen molar-refractivity contribution in [3.8, 4) is 50.2 Å². The van der Waals surface area contributed by atoms with Crippen LogP contribution in [0.2, 0.25) is 0 Å². The fourth-order valence-corrected chi connectivity index (χ4v) is 6.14. The quantitative estimate of drug-likeness (QED) is 0.172. The molecule has 0 amide bonds. The van der Waals surface area contributed by atoms with Crippen molar-refractivity contribution in [3.63, 3.8) is 0 Å². The molecule has 0 spiro atoms. The standard InChI is InChI=1S/C46H32N2/c1-31-47-43-25-12-13-26-44(43)48(31)38-20-14-19-34(30-38)45-39-21-8-10-23-41(39)46(42-24-11-9-22-40(42)45)37-28-35(32-15-4-2-5-16-32)27-36(29-37)33-17-6-3-7-18-33/h2-30H,1H3/i1D3,2D,3D,4D,5D,6D,7D,8D,9D,10D,11D,15D,16D,17D,18D,21D,22D,23D,24D. The number of hydrogen-bond donors (Lipinski definition) is 0. The molecule has 48 heavy (non-hydrogen) atoms. The summed E-state index contributed by atoms with van der Waals surface area (Å²) in [6.45, 7) is -2.73. The molecule has 1 aromatic heterocycles. The molecule has 0 aliphatic carbocycles. The summed E-state index contributed by atoms with van der Waals surface area (Å²) in [7, 11) is 0. The van der Waals surface area contributed by atoms with Gasteiger partial charge in [-0.25, -0.2) is 4.98 Å². The lowest BCUT2D eigenvalue weighted by molar-refractivity contribution is 1.00. The van der Waals surface area contributed by atoms with Crippen molar-refractivity contribution in [1.82, 2.24) is 9.55 Å². The summed E-state index contributed by atoms with van der Waals surface area (Å²) >= 11 is 0. The summed E-state index contributed by atoms with van der Waals surface area (Å²) < 4.78 is 186. The number of benzene rings is 8. The van der Waals surface area contributed by atoms with E-state index in [0.717, 1.165) is 0 Å². The van der Waals surface area contributed by atoms with E-state index in [9.17, 15) is 5.48 Å². The van der Waals surface area contributed by atoms with Crippen molar-refractivity contribution in [1.29, 1.82) is 0 Å². The number of fused-ring (bicyclic) bond motifs is 3. The Morgan fingerprint density at radius 1 is 0.479 bits per heavy atom. The van der Waals surface area contributed by atoms with E-state index in [0.29, 0.717) is 11.0 Å². The first-order valence-corrected chi connectivity index (χ1v) is 14.7. The number of hydrogen-bond acceptors (Lipinski definition) is 1. The van der Waals surface area contributed by atoms with Gasteiger partial charge in [-0.3, -0.25) is 4.57 Å². The molecule has 2 nitrogen and oxygen atoms in total. The molecule has 9 aromatic rings. The molecule has 0 aliphatic heterocycles. The zero-order chi connectivity index (χ0) is 50.2. The van der Waals surface area contributed by atoms with Crippen molar-refractivity contribution < 1.29 is 28.8 Å². The van der Waals surface area contributed by atoms with Gasteiger partial charge in [-0.05, 0) is 115 Å². The Labute approximate surface area is 309 Å². The zero-order valence-electron chi connectivity index (χ0n) is 45.7. The van der Waals surface area contributed by atoms with Crippen LogP contribution in [0.5, 0.6) is 0 Å². The molecule has 226 valence electrons. The zero-order valence-corrected chi connectivity index (χ0v) is 24.7. The molecule has 0 radical (unpaired) electrons. The van der Waals surface area contributed by atoms with Crippen LogP contribution in [0.3, 0.4) is 0 Å². The Kier molecular flexibility index (Phi) is 3.33. The molecule has 2 heteroatoms. The van der Waals surface area contributed by atoms with Gasteiger partial charge in [0.2, 0.25) is 0 Å². The van der Waals surface area contributed by atoms with E-state index >= 15 is 0 Å². The fourth-order valence-electron chi connectivity index (χ4n) is 6.14. The first-order chi connectivity index (χ1) is 32.4. The second kappa shape index (κ2) is 11.5. The van der Waals surface area contributed by atoms with Gasteiger partial charge in [0, 0.05) is 9.80 Å². The number of aromatic nitrogens is 2. The highest BCUT2D eigenvalue weighted by Crippen LogP contribution is 2.45. The normalized spacial score (nSPS) is 17.9. The number of aryl methyl sites for hydroxylation is 1. The summed E-state index contributed by atoms with van der Waals surface area (Å²) in [4.78, 5) is 4.40. The first kappa shape index (κ1) is 13.9. The summed E-state index contributed by atoms with van der Waals surface area (Å²) in [6.07, 6.45) is 0. The lowest BCUT2D eigenvalue weighted by atomic mass is 9.84. The van der Waals surface area contributed by atoms with Crippen molar-refractivity contribution in [2.75, 3.05) is 0 Å². The third-order valence-electron chi connectivity index (χ3n) is 8.13. The van der Waals surface area contributed by atoms with Gasteiger partial charge in [0.1, 0.15) is 5.82 Å². The molecule has 0 saturated heterocycles. The fraction of sp³-hybridized carbons (Fsp3) is 0.0217. The van der Waals surface area contributed by atoms with E-state index < -0.39 is 127 Å². The summed E-state index contributed by atoms with van der Waals surface area (Å²) in [6, 6.07) is 3.87. The highest BCUT2D eigenvalue weighted by Gasteiger charge is 2.19. The van der Waals surface area contributed by atoms with E-state index in [1.54, 1.807) is 36.4 Å². The number of imidazole rings is 1. The monoisotopic (exact) mass is 633 g/mol. The minimum atomic E-state index is -2.73. The van der Waals surface area contributed by atoms with Crippen LogP contribution in [0, 0.1) is 6.85 Å². The molecule has 0 aliphatic rings. The lowest BCUT2D eigenvalue weighted by Crippen LogP contribution is -1.97. The first-order valence-electron chi connectivity index (χ1n) is 25.2. The van der Waals surface area contributed by atoms with Crippen LogP contribution in [0.15, 0.2) is 175 Å². The Morgan fingerprint density at radius 3 is 1.58 bits per heavy atom. The highest BCUT2D eigenvalue weighted by atomic mass is 15.1. The second-order valence-electron chi connectivity index (χ2n) is 10.9. The molecule has 0 N–H and O–H groups in total. The maximum absolute atomic E-state index is 9.53. The average molecular weight is 634 g/mol. The lowest BCUT2D eigenvalue weighted by Gasteiger charge is -2.19. The molecular weight excluding hydrogens is 581 g/mol. The predicted octanol–water partition coefficient (Wildman–Crippen LogP) is 12.3. The summed E-state index contributed by atoms with van der Waals surface area (Å²) in [5, 5.41) is -1.12. The van der Waals surface area contributed by atoms with Crippen LogP contribution in [0.1, 0.15) is 34.6 Å². The van der Waals surface area contributed by atoms with E-state index in [2.05, 4.69) is 4.98 Å². The van der Waals surface area contributed by atoms with E-state index in [1.807, 2.05) is 0 Å². The van der Waals surface area contributed by atoms with Crippen LogP contribution >= 0.6 is 0 Å². The SMILES string of the molecule is [2H]c1c([2H])c([2H])c(-c2cc(-c3c([2H])c([2H])c([2H])c([2H])c3[2H])cc(-c3c4c([2H])c([2H])c([2H])c([2H])c4c(-c4cccc(-n5c(C([2H])([2H])[2H])nc6ccccc65)c4)c4c([2H])c([2H])c([2H])c([2H])c34)c2)c([2H])c1[2H]. The van der Waals surface area contributed by atoms with Crippen LogP contribution in [-0.2, 0) is 0 Å². The van der Waals surface area contributed by atoms with Crippen LogP contribution in [0.4, 0.5) is 0 Å². The smallest absolute Gasteiger partial charge is 0.111 e. The van der Waals surface area contributed by atoms with Gasteiger partial charge >= 0.3 is 0 Å². The Balaban J connectivity index is 1.52. The Morgan fingerprint density at radius 2 is 1.00 bits per heavy atom. The maximum atomic E-state index is 9.53. The molecule has 0 unspecified atom stereocenters. The summed E-state index contributed by atoms with van der Waals surface area (Å²) in [5.41, 5.74) is -0.540. The Bertz CT molecular complexity index is 3540. The second-order valence-corrected chi connectivity index (χ2v) is 10.9. The van der Waals surface area contributed by atoms with Gasteiger partial charge in [0.05, 0.1) is 35.7 Å².